The van der Waals surface area contributed by atoms with Crippen LogP contribution in [0.4, 0.5) is 5.82 Å². The van der Waals surface area contributed by atoms with Gasteiger partial charge in [-0.1, -0.05) is 43.7 Å². The zero-order valence-electron chi connectivity index (χ0n) is 14.9. The summed E-state index contributed by atoms with van der Waals surface area (Å²) in [5.74, 6) is 1.03. The molecule has 3 rings (SSSR count). The molecule has 0 aliphatic heterocycles. The minimum absolute atomic E-state index is 0.209. The van der Waals surface area contributed by atoms with E-state index in [-0.39, 0.29) is 4.90 Å². The van der Waals surface area contributed by atoms with Crippen molar-refractivity contribution in [3.8, 4) is 5.75 Å². The smallest absolute Gasteiger partial charge is 0.263 e. The molecule has 0 saturated carbocycles. The van der Waals surface area contributed by atoms with Crippen molar-refractivity contribution in [3.05, 3.63) is 60.3 Å². The third-order valence-electron chi connectivity index (χ3n) is 4.13. The predicted octanol–water partition coefficient (Wildman–Crippen LogP) is 4.52. The quantitative estimate of drug-likeness (QED) is 0.621. The van der Waals surface area contributed by atoms with Gasteiger partial charge in [0.25, 0.3) is 10.0 Å². The van der Waals surface area contributed by atoms with E-state index in [1.807, 2.05) is 31.2 Å². The molecule has 1 aromatic heterocycles. The first-order chi connectivity index (χ1) is 12.5. The summed E-state index contributed by atoms with van der Waals surface area (Å²) in [6, 6.07) is 14.3. The van der Waals surface area contributed by atoms with Gasteiger partial charge in [0, 0.05) is 17.0 Å². The predicted molar refractivity (Wildman–Crippen MR) is 104 cm³/mol. The summed E-state index contributed by atoms with van der Waals surface area (Å²) in [5, 5.41) is 1.41. The maximum absolute atomic E-state index is 12.9. The highest BCUT2D eigenvalue weighted by Gasteiger charge is 2.20. The molecule has 6 heteroatoms. The number of hydrogen-bond donors (Lipinski definition) is 1. The van der Waals surface area contributed by atoms with Crippen molar-refractivity contribution in [3.63, 3.8) is 0 Å². The average Bonchev–Trinajstić information content (AvgIpc) is 2.63. The summed E-state index contributed by atoms with van der Waals surface area (Å²) in [6.45, 7) is 4.52. The first-order valence-electron chi connectivity index (χ1n) is 8.62. The number of nitrogens with one attached hydrogen (secondary N) is 1. The largest absolute Gasteiger partial charge is 0.493 e. The van der Waals surface area contributed by atoms with E-state index in [1.54, 1.807) is 30.5 Å². The van der Waals surface area contributed by atoms with Gasteiger partial charge < -0.3 is 4.74 Å². The molecule has 0 radical (unpaired) electrons. The monoisotopic (exact) mass is 370 g/mol. The van der Waals surface area contributed by atoms with Crippen molar-refractivity contribution in [1.29, 1.82) is 0 Å². The fraction of sp³-hybridized carbons (Fsp3) is 0.250. The number of benzene rings is 2. The van der Waals surface area contributed by atoms with Gasteiger partial charge in [-0.2, -0.15) is 0 Å². The van der Waals surface area contributed by atoms with Crippen LogP contribution in [-0.2, 0) is 10.0 Å². The number of aryl methyl sites for hydroxylation is 1. The Kier molecular flexibility index (Phi) is 5.42. The number of hydrogen-bond acceptors (Lipinski definition) is 4. The van der Waals surface area contributed by atoms with Crippen molar-refractivity contribution in [2.24, 2.45) is 0 Å². The SMILES string of the molecule is CCCCOc1ccc(S(=O)(=O)Nc2ncccc2C)c2ccccc12. The van der Waals surface area contributed by atoms with Crippen LogP contribution in [0.2, 0.25) is 0 Å². The minimum atomic E-state index is -3.77. The van der Waals surface area contributed by atoms with Crippen LogP contribution in [0.1, 0.15) is 25.3 Å². The van der Waals surface area contributed by atoms with E-state index in [0.717, 1.165) is 23.8 Å². The van der Waals surface area contributed by atoms with Gasteiger partial charge in [0.1, 0.15) is 11.6 Å². The molecule has 0 spiro atoms. The van der Waals surface area contributed by atoms with E-state index < -0.39 is 10.0 Å². The molecule has 0 fully saturated rings. The Balaban J connectivity index is 2.02. The summed E-state index contributed by atoms with van der Waals surface area (Å²) in [4.78, 5) is 4.33. The number of ether oxygens (including phenoxy) is 1. The number of fused-ring (bicyclic) bond motifs is 1. The van der Waals surface area contributed by atoms with Gasteiger partial charge in [-0.25, -0.2) is 13.4 Å². The van der Waals surface area contributed by atoms with E-state index in [0.29, 0.717) is 23.6 Å². The zero-order valence-corrected chi connectivity index (χ0v) is 15.7. The van der Waals surface area contributed by atoms with Gasteiger partial charge >= 0.3 is 0 Å². The number of pyridine rings is 1. The lowest BCUT2D eigenvalue weighted by atomic mass is 10.1. The Hall–Kier alpha value is -2.60. The molecule has 0 atom stereocenters. The third-order valence-corrected chi connectivity index (χ3v) is 5.53. The molecule has 0 amide bonds. The normalized spacial score (nSPS) is 11.5. The molecule has 1 N–H and O–H groups in total. The third kappa shape index (κ3) is 3.80. The Bertz CT molecular complexity index is 1020. The van der Waals surface area contributed by atoms with E-state index in [2.05, 4.69) is 16.6 Å². The molecule has 0 saturated heterocycles. The minimum Gasteiger partial charge on any atom is -0.493 e. The fourth-order valence-corrected chi connectivity index (χ4v) is 4.00. The van der Waals surface area contributed by atoms with Crippen molar-refractivity contribution < 1.29 is 13.2 Å². The standard InChI is InChI=1S/C20H22N2O3S/c1-3-4-14-25-18-11-12-19(17-10-6-5-9-16(17)18)26(23,24)22-20-15(2)8-7-13-21-20/h5-13H,3-4,14H2,1-2H3,(H,21,22). The molecule has 136 valence electrons. The second-order valence-electron chi connectivity index (χ2n) is 6.08. The molecule has 5 nitrogen and oxygen atoms in total. The van der Waals surface area contributed by atoms with Crippen LogP contribution in [-0.4, -0.2) is 20.0 Å². The van der Waals surface area contributed by atoms with E-state index >= 15 is 0 Å². The summed E-state index contributed by atoms with van der Waals surface area (Å²) < 4.78 is 34.3. The second-order valence-corrected chi connectivity index (χ2v) is 7.73. The molecule has 2 aromatic carbocycles. The van der Waals surface area contributed by atoms with Crippen molar-refractivity contribution >= 4 is 26.6 Å². The van der Waals surface area contributed by atoms with Crippen molar-refractivity contribution in [1.82, 2.24) is 4.98 Å². The number of aromatic nitrogens is 1. The number of rotatable bonds is 7. The molecule has 3 aromatic rings. The molecule has 26 heavy (non-hydrogen) atoms. The Morgan fingerprint density at radius 2 is 1.81 bits per heavy atom. The van der Waals surface area contributed by atoms with Gasteiger partial charge in [0.15, 0.2) is 0 Å². The van der Waals surface area contributed by atoms with Gasteiger partial charge in [-0.05, 0) is 37.1 Å². The number of nitrogens with zero attached hydrogens (tertiary/aromatic N) is 1. The highest BCUT2D eigenvalue weighted by molar-refractivity contribution is 7.93. The van der Waals surface area contributed by atoms with E-state index in [4.69, 9.17) is 4.74 Å². The lowest BCUT2D eigenvalue weighted by molar-refractivity contribution is 0.313. The van der Waals surface area contributed by atoms with Crippen LogP contribution < -0.4 is 9.46 Å². The fourth-order valence-electron chi connectivity index (χ4n) is 2.71. The summed E-state index contributed by atoms with van der Waals surface area (Å²) in [5.41, 5.74) is 0.764. The Morgan fingerprint density at radius 3 is 2.54 bits per heavy atom. The lowest BCUT2D eigenvalue weighted by Crippen LogP contribution is -2.15. The van der Waals surface area contributed by atoms with Crippen LogP contribution in [0, 0.1) is 6.92 Å². The number of anilines is 1. The maximum atomic E-state index is 12.9. The lowest BCUT2D eigenvalue weighted by Gasteiger charge is -2.14. The van der Waals surface area contributed by atoms with Crippen molar-refractivity contribution in [2.75, 3.05) is 11.3 Å². The molecule has 1 heterocycles. The highest BCUT2D eigenvalue weighted by atomic mass is 32.2. The highest BCUT2D eigenvalue weighted by Crippen LogP contribution is 2.32. The first-order valence-corrected chi connectivity index (χ1v) is 10.1. The van der Waals surface area contributed by atoms with Gasteiger partial charge in [-0.3, -0.25) is 4.72 Å². The average molecular weight is 370 g/mol. The van der Waals surface area contributed by atoms with E-state index in [1.165, 1.54) is 0 Å². The summed E-state index contributed by atoms with van der Waals surface area (Å²) in [6.07, 6.45) is 3.56. The topological polar surface area (TPSA) is 68.3 Å². The van der Waals surface area contributed by atoms with Crippen LogP contribution in [0.5, 0.6) is 5.75 Å². The molecular formula is C20H22N2O3S. The van der Waals surface area contributed by atoms with E-state index in [9.17, 15) is 8.42 Å². The van der Waals surface area contributed by atoms with Gasteiger partial charge in [0.2, 0.25) is 0 Å². The molecule has 0 bridgehead atoms. The summed E-state index contributed by atoms with van der Waals surface area (Å²) in [7, 11) is -3.77. The number of unbranched alkanes of at least 4 members (excludes halogenated alkanes) is 1. The molecule has 0 aliphatic rings. The van der Waals surface area contributed by atoms with Crippen LogP contribution in [0.3, 0.4) is 0 Å². The van der Waals surface area contributed by atoms with Crippen molar-refractivity contribution in [2.45, 2.75) is 31.6 Å². The zero-order chi connectivity index (χ0) is 18.6. The van der Waals surface area contributed by atoms with Gasteiger partial charge in [0.05, 0.1) is 11.5 Å². The maximum Gasteiger partial charge on any atom is 0.263 e. The molecule has 0 unspecified atom stereocenters. The number of sulfonamides is 1. The van der Waals surface area contributed by atoms with Crippen LogP contribution in [0.25, 0.3) is 10.8 Å². The molecule has 0 aliphatic carbocycles. The van der Waals surface area contributed by atoms with Gasteiger partial charge in [-0.15, -0.1) is 0 Å². The van der Waals surface area contributed by atoms with Crippen LogP contribution in [0.15, 0.2) is 59.6 Å². The Morgan fingerprint density at radius 1 is 1.04 bits per heavy atom. The first kappa shape index (κ1) is 18.2. The van der Waals surface area contributed by atoms with Crippen LogP contribution >= 0.6 is 0 Å². The Labute approximate surface area is 154 Å². The summed E-state index contributed by atoms with van der Waals surface area (Å²) >= 11 is 0. The molecular weight excluding hydrogens is 348 g/mol. The second kappa shape index (κ2) is 7.74.